The van der Waals surface area contributed by atoms with Gasteiger partial charge in [0.05, 0.1) is 20.8 Å². The molecule has 4 aromatic rings. The number of methoxy groups -OCH3 is 2. The van der Waals surface area contributed by atoms with Gasteiger partial charge in [0.25, 0.3) is 5.91 Å². The summed E-state index contributed by atoms with van der Waals surface area (Å²) in [5.74, 6) is 1.13. The quantitative estimate of drug-likeness (QED) is 0.381. The van der Waals surface area contributed by atoms with E-state index in [1.54, 1.807) is 43.4 Å². The molecule has 0 bridgehead atoms. The van der Waals surface area contributed by atoms with Crippen molar-refractivity contribution in [3.05, 3.63) is 82.9 Å². The van der Waals surface area contributed by atoms with Gasteiger partial charge in [0.15, 0.2) is 5.13 Å². The standard InChI is InChI=1S/C23H19ClN2O3S/c1-28-18-11-12-19(29-2)21-20(18)25-23(30-21)26(14-15-7-4-3-5-8-15)22(27)16-9-6-10-17(24)13-16/h3-13H,14H2,1-2H3. The summed E-state index contributed by atoms with van der Waals surface area (Å²) in [7, 11) is 3.21. The highest BCUT2D eigenvalue weighted by molar-refractivity contribution is 7.22. The maximum atomic E-state index is 13.5. The van der Waals surface area contributed by atoms with Crippen molar-refractivity contribution in [1.82, 2.24) is 4.98 Å². The summed E-state index contributed by atoms with van der Waals surface area (Å²) in [6.07, 6.45) is 0. The molecule has 0 N–H and O–H groups in total. The van der Waals surface area contributed by atoms with E-state index in [1.165, 1.54) is 11.3 Å². The zero-order valence-corrected chi connectivity index (χ0v) is 18.0. The summed E-state index contributed by atoms with van der Waals surface area (Å²) in [6.45, 7) is 0.372. The van der Waals surface area contributed by atoms with Gasteiger partial charge in [0.2, 0.25) is 0 Å². The molecule has 0 atom stereocenters. The molecule has 0 aliphatic carbocycles. The molecule has 1 aromatic heterocycles. The first-order valence-corrected chi connectivity index (χ1v) is 10.4. The third-order valence-electron chi connectivity index (χ3n) is 4.63. The van der Waals surface area contributed by atoms with Crippen LogP contribution < -0.4 is 14.4 Å². The van der Waals surface area contributed by atoms with Crippen molar-refractivity contribution in [3.8, 4) is 11.5 Å². The second-order valence-corrected chi connectivity index (χ2v) is 7.95. The van der Waals surface area contributed by atoms with E-state index in [2.05, 4.69) is 0 Å². The zero-order chi connectivity index (χ0) is 21.1. The van der Waals surface area contributed by atoms with Crippen molar-refractivity contribution in [2.75, 3.05) is 19.1 Å². The van der Waals surface area contributed by atoms with Crippen molar-refractivity contribution in [1.29, 1.82) is 0 Å². The molecule has 3 aromatic carbocycles. The second-order valence-electron chi connectivity index (χ2n) is 6.53. The number of amides is 1. The Bertz CT molecular complexity index is 1150. The number of carbonyl (C=O) groups excluding carboxylic acids is 1. The Hall–Kier alpha value is -3.09. The third kappa shape index (κ3) is 3.97. The summed E-state index contributed by atoms with van der Waals surface area (Å²) in [6, 6.07) is 20.4. The van der Waals surface area contributed by atoms with E-state index in [4.69, 9.17) is 26.1 Å². The number of nitrogens with zero attached hydrogens (tertiary/aromatic N) is 2. The lowest BCUT2D eigenvalue weighted by atomic mass is 10.1. The van der Waals surface area contributed by atoms with Gasteiger partial charge >= 0.3 is 0 Å². The summed E-state index contributed by atoms with van der Waals surface area (Å²) < 4.78 is 11.8. The smallest absolute Gasteiger partial charge is 0.260 e. The molecule has 1 amide bonds. The monoisotopic (exact) mass is 438 g/mol. The predicted molar refractivity (Wildman–Crippen MR) is 121 cm³/mol. The normalized spacial score (nSPS) is 10.8. The molecule has 0 aliphatic rings. The lowest BCUT2D eigenvalue weighted by Crippen LogP contribution is -2.30. The predicted octanol–water partition coefficient (Wildman–Crippen LogP) is 5.81. The van der Waals surface area contributed by atoms with E-state index in [0.29, 0.717) is 39.3 Å². The third-order valence-corrected chi connectivity index (χ3v) is 5.96. The number of aromatic nitrogens is 1. The minimum atomic E-state index is -0.182. The first-order chi connectivity index (χ1) is 14.6. The van der Waals surface area contributed by atoms with E-state index in [-0.39, 0.29) is 5.91 Å². The number of ether oxygens (including phenoxy) is 2. The fourth-order valence-electron chi connectivity index (χ4n) is 3.16. The Kier molecular flexibility index (Phi) is 5.88. The van der Waals surface area contributed by atoms with Gasteiger partial charge in [0, 0.05) is 10.6 Å². The number of halogens is 1. The van der Waals surface area contributed by atoms with E-state index in [1.807, 2.05) is 42.5 Å². The lowest BCUT2D eigenvalue weighted by Gasteiger charge is -2.20. The lowest BCUT2D eigenvalue weighted by molar-refractivity contribution is 0.0985. The van der Waals surface area contributed by atoms with Crippen molar-refractivity contribution < 1.29 is 14.3 Å². The van der Waals surface area contributed by atoms with Crippen LogP contribution in [-0.2, 0) is 6.54 Å². The molecule has 1 heterocycles. The van der Waals surface area contributed by atoms with Crippen molar-refractivity contribution >= 4 is 44.2 Å². The number of rotatable bonds is 6. The first-order valence-electron chi connectivity index (χ1n) is 9.23. The Morgan fingerprint density at radius 1 is 1.00 bits per heavy atom. The molecule has 5 nitrogen and oxygen atoms in total. The van der Waals surface area contributed by atoms with Crippen LogP contribution in [0.1, 0.15) is 15.9 Å². The van der Waals surface area contributed by atoms with Crippen LogP contribution >= 0.6 is 22.9 Å². The number of carbonyl (C=O) groups is 1. The van der Waals surface area contributed by atoms with Crippen molar-refractivity contribution in [2.45, 2.75) is 6.54 Å². The topological polar surface area (TPSA) is 51.7 Å². The van der Waals surface area contributed by atoms with Crippen molar-refractivity contribution in [3.63, 3.8) is 0 Å². The zero-order valence-electron chi connectivity index (χ0n) is 16.5. The molecule has 30 heavy (non-hydrogen) atoms. The fraction of sp³-hybridized carbons (Fsp3) is 0.130. The Morgan fingerprint density at radius 2 is 1.73 bits per heavy atom. The van der Waals surface area contributed by atoms with Gasteiger partial charge in [-0.15, -0.1) is 0 Å². The number of hydrogen-bond acceptors (Lipinski definition) is 5. The average molecular weight is 439 g/mol. The van der Waals surface area contributed by atoms with Crippen molar-refractivity contribution in [2.24, 2.45) is 0 Å². The molecular weight excluding hydrogens is 420 g/mol. The van der Waals surface area contributed by atoms with Crippen LogP contribution in [0.15, 0.2) is 66.7 Å². The van der Waals surface area contributed by atoms with Gasteiger partial charge in [0.1, 0.15) is 21.7 Å². The van der Waals surface area contributed by atoms with Gasteiger partial charge in [-0.25, -0.2) is 4.98 Å². The van der Waals surface area contributed by atoms with Gasteiger partial charge in [-0.05, 0) is 35.9 Å². The van der Waals surface area contributed by atoms with E-state index < -0.39 is 0 Å². The van der Waals surface area contributed by atoms with Crippen LogP contribution in [-0.4, -0.2) is 25.1 Å². The van der Waals surface area contributed by atoms with Crippen LogP contribution in [0, 0.1) is 0 Å². The SMILES string of the molecule is COc1ccc(OC)c2sc(N(Cc3ccccc3)C(=O)c3cccc(Cl)c3)nc12. The maximum absolute atomic E-state index is 13.5. The van der Waals surface area contributed by atoms with Gasteiger partial charge in [-0.2, -0.15) is 0 Å². The number of anilines is 1. The molecule has 7 heteroatoms. The molecule has 0 saturated heterocycles. The molecule has 0 unspecified atom stereocenters. The van der Waals surface area contributed by atoms with Crippen LogP contribution in [0.3, 0.4) is 0 Å². The minimum absolute atomic E-state index is 0.182. The molecule has 0 fully saturated rings. The number of hydrogen-bond donors (Lipinski definition) is 0. The highest BCUT2D eigenvalue weighted by Crippen LogP contribution is 2.40. The highest BCUT2D eigenvalue weighted by atomic mass is 35.5. The van der Waals surface area contributed by atoms with Gasteiger partial charge in [-0.3, -0.25) is 9.69 Å². The first kappa shape index (κ1) is 20.2. The summed E-state index contributed by atoms with van der Waals surface area (Å²) in [5.41, 5.74) is 2.15. The van der Waals surface area contributed by atoms with Crippen LogP contribution in [0.4, 0.5) is 5.13 Å². The summed E-state index contributed by atoms with van der Waals surface area (Å²) in [4.78, 5) is 19.9. The molecule has 0 radical (unpaired) electrons. The summed E-state index contributed by atoms with van der Waals surface area (Å²) >= 11 is 7.51. The van der Waals surface area contributed by atoms with Crippen LogP contribution in [0.2, 0.25) is 5.02 Å². The number of fused-ring (bicyclic) bond motifs is 1. The van der Waals surface area contributed by atoms with Crippen LogP contribution in [0.5, 0.6) is 11.5 Å². The fourth-order valence-corrected chi connectivity index (χ4v) is 4.42. The average Bonchev–Trinajstić information content (AvgIpc) is 3.22. The van der Waals surface area contributed by atoms with E-state index >= 15 is 0 Å². The molecule has 0 aliphatic heterocycles. The Labute approximate surface area is 183 Å². The molecule has 0 saturated carbocycles. The second kappa shape index (κ2) is 8.73. The van der Waals surface area contributed by atoms with Crippen LogP contribution in [0.25, 0.3) is 10.2 Å². The minimum Gasteiger partial charge on any atom is -0.495 e. The van der Waals surface area contributed by atoms with Gasteiger partial charge in [-0.1, -0.05) is 59.3 Å². The highest BCUT2D eigenvalue weighted by Gasteiger charge is 2.24. The molecule has 152 valence electrons. The maximum Gasteiger partial charge on any atom is 0.260 e. The molecule has 0 spiro atoms. The van der Waals surface area contributed by atoms with E-state index in [9.17, 15) is 4.79 Å². The number of thiazole rings is 1. The Balaban J connectivity index is 1.84. The summed E-state index contributed by atoms with van der Waals surface area (Å²) in [5, 5.41) is 1.06. The molecule has 4 rings (SSSR count). The van der Waals surface area contributed by atoms with Gasteiger partial charge < -0.3 is 9.47 Å². The number of benzene rings is 3. The Morgan fingerprint density at radius 3 is 2.43 bits per heavy atom. The van der Waals surface area contributed by atoms with E-state index in [0.717, 1.165) is 10.3 Å². The molecular formula is C23H19ClN2O3S. The largest absolute Gasteiger partial charge is 0.495 e.